The van der Waals surface area contributed by atoms with Crippen molar-refractivity contribution in [1.82, 2.24) is 19.8 Å². The van der Waals surface area contributed by atoms with Gasteiger partial charge in [0.15, 0.2) is 0 Å². The predicted octanol–water partition coefficient (Wildman–Crippen LogP) is 3.88. The summed E-state index contributed by atoms with van der Waals surface area (Å²) >= 11 is 1.37. The van der Waals surface area contributed by atoms with Gasteiger partial charge in [-0.15, -0.1) is 11.3 Å². The number of likely N-dealkylation sites (tertiary alicyclic amines) is 1. The zero-order valence-corrected chi connectivity index (χ0v) is 19.2. The third kappa shape index (κ3) is 4.47. The molecule has 0 radical (unpaired) electrons. The van der Waals surface area contributed by atoms with Crippen molar-refractivity contribution in [2.24, 2.45) is 0 Å². The third-order valence-corrected chi connectivity index (χ3v) is 7.90. The highest BCUT2D eigenvalue weighted by Gasteiger charge is 2.22. The smallest absolute Gasteiger partial charge is 0.262 e. The summed E-state index contributed by atoms with van der Waals surface area (Å²) in [5.41, 5.74) is 0.812. The molecule has 1 saturated heterocycles. The molecule has 1 amide bonds. The van der Waals surface area contributed by atoms with Gasteiger partial charge in [0, 0.05) is 25.6 Å². The van der Waals surface area contributed by atoms with E-state index in [2.05, 4.69) is 17.1 Å². The Balaban J connectivity index is 1.38. The molecule has 164 valence electrons. The molecule has 2 aromatic rings. The largest absolute Gasteiger partial charge is 0.351 e. The van der Waals surface area contributed by atoms with Crippen molar-refractivity contribution in [2.45, 2.75) is 84.2 Å². The fraction of sp³-hybridized carbons (Fsp3) is 0.696. The molecule has 7 heteroatoms. The first kappa shape index (κ1) is 21.5. The van der Waals surface area contributed by atoms with Crippen molar-refractivity contribution < 1.29 is 4.79 Å². The average molecular weight is 431 g/mol. The number of nitrogens with zero attached hydrogens (tertiary/aromatic N) is 3. The summed E-state index contributed by atoms with van der Waals surface area (Å²) in [7, 11) is 0. The molecule has 0 aromatic carbocycles. The molecular formula is C23H34N4O2S. The minimum absolute atomic E-state index is 0.0281. The van der Waals surface area contributed by atoms with Gasteiger partial charge in [-0.3, -0.25) is 14.2 Å². The van der Waals surface area contributed by atoms with Crippen molar-refractivity contribution in [3.05, 3.63) is 26.6 Å². The summed E-state index contributed by atoms with van der Waals surface area (Å²) in [6.45, 7) is 7.95. The van der Waals surface area contributed by atoms with Crippen LogP contribution in [0, 0.1) is 6.92 Å². The number of aromatic nitrogens is 2. The average Bonchev–Trinajstić information content (AvgIpc) is 2.90. The fourth-order valence-corrected chi connectivity index (χ4v) is 5.95. The van der Waals surface area contributed by atoms with Crippen molar-refractivity contribution >= 4 is 27.5 Å². The Morgan fingerprint density at radius 1 is 1.17 bits per heavy atom. The molecule has 30 heavy (non-hydrogen) atoms. The van der Waals surface area contributed by atoms with E-state index in [1.807, 2.05) is 11.5 Å². The van der Waals surface area contributed by atoms with E-state index in [9.17, 15) is 9.59 Å². The standard InChI is InChI=1S/C23H34N4O2S/c1-16-10-5-8-13-26(16)14-9-6-12-24-21(28)20-17(2)19-22(30-20)25-18-11-4-3-7-15-27(18)23(19)29/h16H,3-15H2,1-2H3,(H,24,28). The molecule has 4 rings (SSSR count). The maximum atomic E-state index is 13.1. The SMILES string of the molecule is Cc1c(C(=O)NCCCCN2CCCCC2C)sc2nc3n(c(=O)c12)CCCCC3. The van der Waals surface area contributed by atoms with Crippen LogP contribution >= 0.6 is 11.3 Å². The lowest BCUT2D eigenvalue weighted by atomic mass is 10.0. The number of thiophene rings is 1. The fourth-order valence-electron chi connectivity index (χ4n) is 4.84. The van der Waals surface area contributed by atoms with Gasteiger partial charge in [0.1, 0.15) is 10.7 Å². The number of unbranched alkanes of at least 4 members (excludes halogenated alkanes) is 1. The first-order valence-electron chi connectivity index (χ1n) is 11.6. The van der Waals surface area contributed by atoms with E-state index in [1.54, 1.807) is 0 Å². The molecule has 1 N–H and O–H groups in total. The molecule has 0 aliphatic carbocycles. The highest BCUT2D eigenvalue weighted by Crippen LogP contribution is 2.28. The molecule has 0 saturated carbocycles. The topological polar surface area (TPSA) is 67.2 Å². The third-order valence-electron chi connectivity index (χ3n) is 6.72. The second-order valence-corrected chi connectivity index (χ2v) is 9.87. The lowest BCUT2D eigenvalue weighted by Gasteiger charge is -2.33. The van der Waals surface area contributed by atoms with Crippen LogP contribution in [0.25, 0.3) is 10.2 Å². The van der Waals surface area contributed by atoms with E-state index in [1.165, 1.54) is 37.1 Å². The second kappa shape index (κ2) is 9.60. The minimum atomic E-state index is -0.0681. The number of carbonyl (C=O) groups excluding carboxylic acids is 1. The van der Waals surface area contributed by atoms with Gasteiger partial charge in [-0.05, 0) is 71.0 Å². The van der Waals surface area contributed by atoms with E-state index in [0.717, 1.165) is 67.8 Å². The molecular weight excluding hydrogens is 396 g/mol. The number of piperidine rings is 1. The van der Waals surface area contributed by atoms with E-state index in [-0.39, 0.29) is 11.5 Å². The molecule has 2 aromatic heterocycles. The number of carbonyl (C=O) groups is 1. The van der Waals surface area contributed by atoms with E-state index in [0.29, 0.717) is 22.8 Å². The highest BCUT2D eigenvalue weighted by atomic mass is 32.1. The molecule has 0 bridgehead atoms. The Hall–Kier alpha value is -1.73. The van der Waals surface area contributed by atoms with Gasteiger partial charge in [-0.2, -0.15) is 0 Å². The van der Waals surface area contributed by atoms with E-state index in [4.69, 9.17) is 4.98 Å². The zero-order chi connectivity index (χ0) is 21.1. The number of fused-ring (bicyclic) bond motifs is 2. The Labute approximate surface area is 182 Å². The van der Waals surface area contributed by atoms with E-state index < -0.39 is 0 Å². The van der Waals surface area contributed by atoms with Gasteiger partial charge in [0.25, 0.3) is 11.5 Å². The summed E-state index contributed by atoms with van der Waals surface area (Å²) in [5.74, 6) is 0.812. The number of hydrogen-bond acceptors (Lipinski definition) is 5. The van der Waals surface area contributed by atoms with Gasteiger partial charge >= 0.3 is 0 Å². The van der Waals surface area contributed by atoms with Crippen LogP contribution in [0.1, 0.15) is 79.3 Å². The quantitative estimate of drug-likeness (QED) is 0.707. The number of rotatable bonds is 6. The van der Waals surface area contributed by atoms with Gasteiger partial charge < -0.3 is 10.2 Å². The molecule has 0 spiro atoms. The van der Waals surface area contributed by atoms with E-state index >= 15 is 0 Å². The van der Waals surface area contributed by atoms with Crippen LogP contribution in [0.15, 0.2) is 4.79 Å². The normalized spacial score (nSPS) is 20.1. The highest BCUT2D eigenvalue weighted by molar-refractivity contribution is 7.20. The summed E-state index contributed by atoms with van der Waals surface area (Å²) < 4.78 is 1.83. The first-order valence-corrected chi connectivity index (χ1v) is 12.4. The zero-order valence-electron chi connectivity index (χ0n) is 18.3. The maximum absolute atomic E-state index is 13.1. The molecule has 1 fully saturated rings. The Bertz CT molecular complexity index is 964. The van der Waals surface area contributed by atoms with Crippen LogP contribution < -0.4 is 10.9 Å². The Kier molecular flexibility index (Phi) is 6.88. The van der Waals surface area contributed by atoms with Crippen LogP contribution in [0.2, 0.25) is 0 Å². The van der Waals surface area contributed by atoms with Gasteiger partial charge in [-0.25, -0.2) is 4.98 Å². The van der Waals surface area contributed by atoms with Crippen molar-refractivity contribution in [1.29, 1.82) is 0 Å². The van der Waals surface area contributed by atoms with Crippen molar-refractivity contribution in [3.63, 3.8) is 0 Å². The minimum Gasteiger partial charge on any atom is -0.351 e. The number of hydrogen-bond donors (Lipinski definition) is 1. The molecule has 2 aliphatic heterocycles. The first-order chi connectivity index (χ1) is 14.6. The summed E-state index contributed by atoms with van der Waals surface area (Å²) in [6, 6.07) is 0.691. The molecule has 6 nitrogen and oxygen atoms in total. The second-order valence-electron chi connectivity index (χ2n) is 8.88. The summed E-state index contributed by atoms with van der Waals surface area (Å²) in [5, 5.41) is 3.70. The van der Waals surface area contributed by atoms with Crippen molar-refractivity contribution in [3.8, 4) is 0 Å². The van der Waals surface area contributed by atoms with Gasteiger partial charge in [0.2, 0.25) is 0 Å². The number of amides is 1. The van der Waals surface area contributed by atoms with Crippen LogP contribution in [0.5, 0.6) is 0 Å². The Morgan fingerprint density at radius 2 is 2.00 bits per heavy atom. The maximum Gasteiger partial charge on any atom is 0.262 e. The van der Waals surface area contributed by atoms with Crippen molar-refractivity contribution in [2.75, 3.05) is 19.6 Å². The van der Waals surface area contributed by atoms with Crippen LogP contribution in [0.4, 0.5) is 0 Å². The number of nitrogens with one attached hydrogen (secondary N) is 1. The lowest BCUT2D eigenvalue weighted by Crippen LogP contribution is -2.38. The Morgan fingerprint density at radius 3 is 2.83 bits per heavy atom. The number of aryl methyl sites for hydroxylation is 2. The lowest BCUT2D eigenvalue weighted by molar-refractivity contribution is 0.0955. The van der Waals surface area contributed by atoms with Crippen LogP contribution in [-0.2, 0) is 13.0 Å². The monoisotopic (exact) mass is 430 g/mol. The van der Waals surface area contributed by atoms with Gasteiger partial charge in [0.05, 0.1) is 10.3 Å². The molecule has 4 heterocycles. The summed E-state index contributed by atoms with van der Waals surface area (Å²) in [4.78, 5) is 34.5. The molecule has 1 atom stereocenters. The molecule has 1 unspecified atom stereocenters. The predicted molar refractivity (Wildman–Crippen MR) is 123 cm³/mol. The van der Waals surface area contributed by atoms with Crippen LogP contribution in [-0.4, -0.2) is 46.0 Å². The summed E-state index contributed by atoms with van der Waals surface area (Å²) in [6.07, 6.45) is 10.1. The van der Waals surface area contributed by atoms with Crippen LogP contribution in [0.3, 0.4) is 0 Å². The van der Waals surface area contributed by atoms with Gasteiger partial charge in [-0.1, -0.05) is 12.8 Å². The molecule has 2 aliphatic rings.